The summed E-state index contributed by atoms with van der Waals surface area (Å²) in [6.45, 7) is 1.83. The summed E-state index contributed by atoms with van der Waals surface area (Å²) < 4.78 is 24.4. The van der Waals surface area contributed by atoms with Gasteiger partial charge < -0.3 is 0 Å². The Hall–Kier alpha value is -2.12. The monoisotopic (exact) mass is 285 g/mol. The van der Waals surface area contributed by atoms with Crippen molar-refractivity contribution in [2.75, 3.05) is 0 Å². The van der Waals surface area contributed by atoms with Gasteiger partial charge in [0.1, 0.15) is 0 Å². The molecule has 0 amide bonds. The molecule has 0 radical (unpaired) electrons. The highest BCUT2D eigenvalue weighted by Crippen LogP contribution is 2.16. The van der Waals surface area contributed by atoms with Gasteiger partial charge in [-0.3, -0.25) is 0 Å². The Bertz CT molecular complexity index is 744. The summed E-state index contributed by atoms with van der Waals surface area (Å²) >= 11 is 0. The van der Waals surface area contributed by atoms with Gasteiger partial charge in [0.2, 0.25) is 0 Å². The van der Waals surface area contributed by atoms with Gasteiger partial charge in [0.05, 0.1) is 23.1 Å². The molecule has 3 nitrogen and oxygen atoms in total. The summed E-state index contributed by atoms with van der Waals surface area (Å²) in [5.74, 6) is 0.0344. The van der Waals surface area contributed by atoms with Crippen LogP contribution in [0.3, 0.4) is 0 Å². The van der Waals surface area contributed by atoms with Crippen molar-refractivity contribution >= 4 is 9.84 Å². The van der Waals surface area contributed by atoms with Gasteiger partial charge in [0, 0.05) is 0 Å². The summed E-state index contributed by atoms with van der Waals surface area (Å²) in [5.41, 5.74) is 2.92. The molecule has 0 spiro atoms. The second-order valence-corrected chi connectivity index (χ2v) is 6.84. The van der Waals surface area contributed by atoms with Crippen molar-refractivity contribution in [1.29, 1.82) is 5.26 Å². The summed E-state index contributed by atoms with van der Waals surface area (Å²) in [4.78, 5) is 0. The molecule has 0 aromatic heterocycles. The molecule has 4 heteroatoms. The highest BCUT2D eigenvalue weighted by atomic mass is 32.2. The molecule has 0 heterocycles. The first kappa shape index (κ1) is 14.3. The number of nitrogens with zero attached hydrogens (tertiary/aromatic N) is 1. The van der Waals surface area contributed by atoms with E-state index in [1.165, 1.54) is 0 Å². The van der Waals surface area contributed by atoms with E-state index in [4.69, 9.17) is 5.26 Å². The van der Waals surface area contributed by atoms with E-state index in [-0.39, 0.29) is 11.5 Å². The van der Waals surface area contributed by atoms with Gasteiger partial charge in [-0.05, 0) is 35.7 Å². The van der Waals surface area contributed by atoms with Crippen LogP contribution in [0.15, 0.2) is 48.5 Å². The molecule has 2 rings (SSSR count). The number of aryl methyl sites for hydroxylation is 1. The van der Waals surface area contributed by atoms with Crippen LogP contribution in [0.1, 0.15) is 22.3 Å². The van der Waals surface area contributed by atoms with E-state index in [2.05, 4.69) is 0 Å². The average Bonchev–Trinajstić information content (AvgIpc) is 2.41. The SMILES string of the molecule is Cc1cc(C#N)ccc1CS(=O)(=O)Cc1ccccc1. The molecule has 0 N–H and O–H groups in total. The zero-order chi connectivity index (χ0) is 14.6. The van der Waals surface area contributed by atoms with E-state index < -0.39 is 9.84 Å². The molecule has 102 valence electrons. The molecule has 0 bridgehead atoms. The van der Waals surface area contributed by atoms with Crippen LogP contribution in [-0.2, 0) is 21.3 Å². The largest absolute Gasteiger partial charge is 0.228 e. The highest BCUT2D eigenvalue weighted by Gasteiger charge is 2.14. The van der Waals surface area contributed by atoms with Gasteiger partial charge in [-0.1, -0.05) is 36.4 Å². The molecule has 0 saturated heterocycles. The minimum absolute atomic E-state index is 0.000559. The first-order valence-corrected chi connectivity index (χ1v) is 8.06. The molecule has 0 aliphatic carbocycles. The van der Waals surface area contributed by atoms with Crippen LogP contribution in [0.4, 0.5) is 0 Å². The minimum atomic E-state index is -3.21. The smallest absolute Gasteiger partial charge is 0.158 e. The quantitative estimate of drug-likeness (QED) is 0.867. The lowest BCUT2D eigenvalue weighted by molar-refractivity contribution is 0.594. The second kappa shape index (κ2) is 5.89. The van der Waals surface area contributed by atoms with Crippen molar-refractivity contribution in [2.24, 2.45) is 0 Å². The Morgan fingerprint density at radius 2 is 1.75 bits per heavy atom. The topological polar surface area (TPSA) is 57.9 Å². The maximum atomic E-state index is 12.2. The predicted molar refractivity (Wildman–Crippen MR) is 78.7 cm³/mol. The summed E-state index contributed by atoms with van der Waals surface area (Å²) in [6, 6.07) is 16.3. The highest BCUT2D eigenvalue weighted by molar-refractivity contribution is 7.89. The standard InChI is InChI=1S/C16H15NO2S/c1-13-9-15(10-17)7-8-16(13)12-20(18,19)11-14-5-3-2-4-6-14/h2-9H,11-12H2,1H3. The third-order valence-corrected chi connectivity index (χ3v) is 4.60. The van der Waals surface area contributed by atoms with Crippen molar-refractivity contribution in [2.45, 2.75) is 18.4 Å². The third-order valence-electron chi connectivity index (χ3n) is 3.08. The lowest BCUT2D eigenvalue weighted by Gasteiger charge is -2.08. The van der Waals surface area contributed by atoms with Crippen LogP contribution in [-0.4, -0.2) is 8.42 Å². The molecule has 0 fully saturated rings. The molecule has 0 saturated carbocycles. The Morgan fingerprint density at radius 3 is 2.35 bits per heavy atom. The fourth-order valence-corrected chi connectivity index (χ4v) is 3.64. The molecule has 0 atom stereocenters. The first-order valence-electron chi connectivity index (χ1n) is 6.24. The fraction of sp³-hybridized carbons (Fsp3) is 0.188. The predicted octanol–water partition coefficient (Wildman–Crippen LogP) is 2.98. The Labute approximate surface area is 119 Å². The lowest BCUT2D eigenvalue weighted by atomic mass is 10.1. The maximum absolute atomic E-state index is 12.2. The second-order valence-electron chi connectivity index (χ2n) is 4.77. The number of sulfone groups is 1. The normalized spacial score (nSPS) is 11.0. The maximum Gasteiger partial charge on any atom is 0.158 e. The Morgan fingerprint density at radius 1 is 1.05 bits per heavy atom. The number of rotatable bonds is 4. The van der Waals surface area contributed by atoms with Gasteiger partial charge in [0.25, 0.3) is 0 Å². The summed E-state index contributed by atoms with van der Waals surface area (Å²) in [5, 5.41) is 8.81. The van der Waals surface area contributed by atoms with Crippen LogP contribution in [0.2, 0.25) is 0 Å². The minimum Gasteiger partial charge on any atom is -0.228 e. The molecule has 0 aliphatic rings. The third kappa shape index (κ3) is 3.69. The number of hydrogen-bond donors (Lipinski definition) is 0. The molecule has 20 heavy (non-hydrogen) atoms. The van der Waals surface area contributed by atoms with Crippen LogP contribution in [0.25, 0.3) is 0 Å². The Kier molecular flexibility index (Phi) is 4.21. The number of nitriles is 1. The van der Waals surface area contributed by atoms with Crippen molar-refractivity contribution in [3.63, 3.8) is 0 Å². The van der Waals surface area contributed by atoms with Crippen molar-refractivity contribution in [3.8, 4) is 6.07 Å². The number of benzene rings is 2. The van der Waals surface area contributed by atoms with Crippen molar-refractivity contribution in [3.05, 3.63) is 70.8 Å². The van der Waals surface area contributed by atoms with Crippen molar-refractivity contribution in [1.82, 2.24) is 0 Å². The van der Waals surface area contributed by atoms with Gasteiger partial charge in [0.15, 0.2) is 9.84 Å². The summed E-state index contributed by atoms with van der Waals surface area (Å²) in [7, 11) is -3.21. The van der Waals surface area contributed by atoms with Gasteiger partial charge in [-0.15, -0.1) is 0 Å². The van der Waals surface area contributed by atoms with E-state index in [1.54, 1.807) is 18.2 Å². The van der Waals surface area contributed by atoms with Gasteiger partial charge in [-0.2, -0.15) is 5.26 Å². The van der Waals surface area contributed by atoms with Crippen molar-refractivity contribution < 1.29 is 8.42 Å². The molecule has 2 aromatic carbocycles. The number of hydrogen-bond acceptors (Lipinski definition) is 3. The zero-order valence-electron chi connectivity index (χ0n) is 11.2. The van der Waals surface area contributed by atoms with E-state index in [0.29, 0.717) is 5.56 Å². The van der Waals surface area contributed by atoms with Crippen LogP contribution in [0, 0.1) is 18.3 Å². The summed E-state index contributed by atoms with van der Waals surface area (Å²) in [6.07, 6.45) is 0. The van der Waals surface area contributed by atoms with E-state index in [1.807, 2.05) is 43.3 Å². The van der Waals surface area contributed by atoms with Crippen LogP contribution in [0.5, 0.6) is 0 Å². The lowest BCUT2D eigenvalue weighted by Crippen LogP contribution is -2.08. The van der Waals surface area contributed by atoms with Gasteiger partial charge >= 0.3 is 0 Å². The average molecular weight is 285 g/mol. The molecule has 0 aliphatic heterocycles. The molecular weight excluding hydrogens is 270 g/mol. The van der Waals surface area contributed by atoms with Crippen LogP contribution < -0.4 is 0 Å². The van der Waals surface area contributed by atoms with Crippen LogP contribution >= 0.6 is 0 Å². The van der Waals surface area contributed by atoms with E-state index in [9.17, 15) is 8.42 Å². The van der Waals surface area contributed by atoms with Gasteiger partial charge in [-0.25, -0.2) is 8.42 Å². The van der Waals surface area contributed by atoms with E-state index >= 15 is 0 Å². The first-order chi connectivity index (χ1) is 9.50. The molecule has 2 aromatic rings. The zero-order valence-corrected chi connectivity index (χ0v) is 12.0. The van der Waals surface area contributed by atoms with E-state index in [0.717, 1.165) is 16.7 Å². The molecule has 0 unspecified atom stereocenters. The fourth-order valence-electron chi connectivity index (χ4n) is 2.04. The Balaban J connectivity index is 2.19. The molecular formula is C16H15NO2S.